The van der Waals surface area contributed by atoms with Crippen LogP contribution in [0.4, 0.5) is 5.69 Å². The van der Waals surface area contributed by atoms with Crippen LogP contribution in [0.15, 0.2) is 42.5 Å². The molecule has 0 spiro atoms. The van der Waals surface area contributed by atoms with Crippen LogP contribution in [-0.2, 0) is 19.5 Å². The van der Waals surface area contributed by atoms with E-state index in [4.69, 9.17) is 5.73 Å². The van der Waals surface area contributed by atoms with E-state index in [0.29, 0.717) is 6.54 Å². The minimum atomic E-state index is 0.504. The van der Waals surface area contributed by atoms with E-state index in [9.17, 15) is 0 Å². The molecule has 1 aliphatic heterocycles. The third kappa shape index (κ3) is 2.61. The van der Waals surface area contributed by atoms with Gasteiger partial charge < -0.3 is 10.6 Å². The van der Waals surface area contributed by atoms with Crippen LogP contribution in [-0.4, -0.2) is 11.5 Å². The fourth-order valence-corrected chi connectivity index (χ4v) is 2.70. The lowest BCUT2D eigenvalue weighted by Gasteiger charge is -2.31. The number of pyridine rings is 1. The molecule has 0 radical (unpaired) electrons. The average molecular weight is 253 g/mol. The smallest absolute Gasteiger partial charge is 0.0602 e. The van der Waals surface area contributed by atoms with Crippen LogP contribution in [0.2, 0.25) is 0 Å². The molecule has 0 aliphatic carbocycles. The number of nitrogens with zero attached hydrogens (tertiary/aromatic N) is 2. The molecule has 3 heteroatoms. The highest BCUT2D eigenvalue weighted by Crippen LogP contribution is 2.27. The van der Waals surface area contributed by atoms with E-state index in [1.165, 1.54) is 24.1 Å². The van der Waals surface area contributed by atoms with Gasteiger partial charge in [0.25, 0.3) is 0 Å². The molecule has 0 unspecified atom stereocenters. The van der Waals surface area contributed by atoms with Gasteiger partial charge in [-0.2, -0.15) is 0 Å². The standard InChI is InChI=1S/C16H19N3/c17-11-14-7-3-8-15(18-14)12-19-10-4-6-13-5-1-2-9-16(13)19/h1-3,5,7-9H,4,6,10-12,17H2. The van der Waals surface area contributed by atoms with Crippen molar-refractivity contribution >= 4 is 5.69 Å². The summed E-state index contributed by atoms with van der Waals surface area (Å²) in [4.78, 5) is 7.01. The van der Waals surface area contributed by atoms with Crippen molar-refractivity contribution in [2.24, 2.45) is 5.73 Å². The lowest BCUT2D eigenvalue weighted by Crippen LogP contribution is -2.29. The molecule has 3 nitrogen and oxygen atoms in total. The maximum Gasteiger partial charge on any atom is 0.0602 e. The van der Waals surface area contributed by atoms with E-state index in [1.54, 1.807) is 0 Å². The Morgan fingerprint density at radius 2 is 1.89 bits per heavy atom. The Kier molecular flexibility index (Phi) is 3.47. The van der Waals surface area contributed by atoms with E-state index in [-0.39, 0.29) is 0 Å². The Morgan fingerprint density at radius 3 is 2.79 bits per heavy atom. The molecule has 1 aromatic carbocycles. The number of rotatable bonds is 3. The number of para-hydroxylation sites is 1. The van der Waals surface area contributed by atoms with Crippen LogP contribution >= 0.6 is 0 Å². The van der Waals surface area contributed by atoms with Gasteiger partial charge >= 0.3 is 0 Å². The van der Waals surface area contributed by atoms with Gasteiger partial charge in [0.05, 0.1) is 17.9 Å². The fraction of sp³-hybridized carbons (Fsp3) is 0.312. The largest absolute Gasteiger partial charge is 0.365 e. The van der Waals surface area contributed by atoms with Crippen molar-refractivity contribution in [2.45, 2.75) is 25.9 Å². The van der Waals surface area contributed by atoms with Crippen LogP contribution in [0.5, 0.6) is 0 Å². The summed E-state index contributed by atoms with van der Waals surface area (Å²) in [5, 5.41) is 0. The molecule has 0 saturated carbocycles. The first kappa shape index (κ1) is 12.2. The van der Waals surface area contributed by atoms with Crippen LogP contribution in [0.1, 0.15) is 23.4 Å². The van der Waals surface area contributed by atoms with Crippen molar-refractivity contribution in [3.8, 4) is 0 Å². The number of nitrogens with two attached hydrogens (primary N) is 1. The van der Waals surface area contributed by atoms with Gasteiger partial charge in [-0.1, -0.05) is 24.3 Å². The Bertz CT molecular complexity index is 565. The topological polar surface area (TPSA) is 42.1 Å². The second kappa shape index (κ2) is 5.41. The van der Waals surface area contributed by atoms with Gasteiger partial charge in [-0.25, -0.2) is 0 Å². The number of hydrogen-bond acceptors (Lipinski definition) is 3. The zero-order valence-corrected chi connectivity index (χ0v) is 11.0. The van der Waals surface area contributed by atoms with E-state index < -0.39 is 0 Å². The maximum atomic E-state index is 5.65. The van der Waals surface area contributed by atoms with E-state index in [1.807, 2.05) is 12.1 Å². The molecule has 1 aliphatic rings. The minimum Gasteiger partial charge on any atom is -0.365 e. The Labute approximate surface area is 114 Å². The van der Waals surface area contributed by atoms with Crippen molar-refractivity contribution in [3.05, 3.63) is 59.4 Å². The van der Waals surface area contributed by atoms with Gasteiger partial charge in [0, 0.05) is 18.8 Å². The summed E-state index contributed by atoms with van der Waals surface area (Å²) in [5.74, 6) is 0. The molecule has 19 heavy (non-hydrogen) atoms. The first-order valence-electron chi connectivity index (χ1n) is 6.84. The fourth-order valence-electron chi connectivity index (χ4n) is 2.70. The highest BCUT2D eigenvalue weighted by Gasteiger charge is 2.16. The molecular formula is C16H19N3. The predicted octanol–water partition coefficient (Wildman–Crippen LogP) is 2.49. The average Bonchev–Trinajstić information content (AvgIpc) is 2.48. The summed E-state index contributed by atoms with van der Waals surface area (Å²) >= 11 is 0. The summed E-state index contributed by atoms with van der Waals surface area (Å²) in [5.41, 5.74) is 10.5. The van der Waals surface area contributed by atoms with E-state index in [0.717, 1.165) is 24.5 Å². The van der Waals surface area contributed by atoms with Crippen molar-refractivity contribution in [1.29, 1.82) is 0 Å². The molecule has 2 aromatic rings. The van der Waals surface area contributed by atoms with Gasteiger partial charge in [0.15, 0.2) is 0 Å². The SMILES string of the molecule is NCc1cccc(CN2CCCc3ccccc32)n1. The van der Waals surface area contributed by atoms with Crippen molar-refractivity contribution in [3.63, 3.8) is 0 Å². The summed E-state index contributed by atoms with van der Waals surface area (Å²) in [6.07, 6.45) is 2.40. The summed E-state index contributed by atoms with van der Waals surface area (Å²) < 4.78 is 0. The molecule has 0 saturated heterocycles. The van der Waals surface area contributed by atoms with Gasteiger partial charge in [-0.15, -0.1) is 0 Å². The first-order chi connectivity index (χ1) is 9.36. The number of hydrogen-bond donors (Lipinski definition) is 1. The minimum absolute atomic E-state index is 0.504. The van der Waals surface area contributed by atoms with Crippen molar-refractivity contribution in [1.82, 2.24) is 4.98 Å². The number of fused-ring (bicyclic) bond motifs is 1. The van der Waals surface area contributed by atoms with Crippen LogP contribution in [0, 0.1) is 0 Å². The molecular weight excluding hydrogens is 234 g/mol. The number of anilines is 1. The van der Waals surface area contributed by atoms with Gasteiger partial charge in [-0.3, -0.25) is 4.98 Å². The number of aryl methyl sites for hydroxylation is 1. The zero-order chi connectivity index (χ0) is 13.1. The molecule has 2 heterocycles. The summed E-state index contributed by atoms with van der Waals surface area (Å²) in [6, 6.07) is 14.8. The molecule has 3 rings (SSSR count). The molecule has 98 valence electrons. The summed E-state index contributed by atoms with van der Waals surface area (Å²) in [7, 11) is 0. The molecule has 2 N–H and O–H groups in total. The van der Waals surface area contributed by atoms with Crippen LogP contribution < -0.4 is 10.6 Å². The van der Waals surface area contributed by atoms with Gasteiger partial charge in [0.1, 0.15) is 0 Å². The zero-order valence-electron chi connectivity index (χ0n) is 11.0. The van der Waals surface area contributed by atoms with Crippen molar-refractivity contribution in [2.75, 3.05) is 11.4 Å². The quantitative estimate of drug-likeness (QED) is 0.913. The van der Waals surface area contributed by atoms with Gasteiger partial charge in [-0.05, 0) is 36.6 Å². The molecule has 0 amide bonds. The highest BCUT2D eigenvalue weighted by atomic mass is 15.1. The maximum absolute atomic E-state index is 5.65. The third-order valence-corrected chi connectivity index (χ3v) is 3.63. The van der Waals surface area contributed by atoms with Gasteiger partial charge in [0.2, 0.25) is 0 Å². The molecule has 1 aromatic heterocycles. The predicted molar refractivity (Wildman–Crippen MR) is 77.9 cm³/mol. The first-order valence-corrected chi connectivity index (χ1v) is 6.84. The number of benzene rings is 1. The van der Waals surface area contributed by atoms with Crippen molar-refractivity contribution < 1.29 is 0 Å². The normalized spacial score (nSPS) is 14.3. The number of aromatic nitrogens is 1. The Morgan fingerprint density at radius 1 is 1.05 bits per heavy atom. The van der Waals surface area contributed by atoms with Crippen LogP contribution in [0.3, 0.4) is 0 Å². The monoisotopic (exact) mass is 253 g/mol. The third-order valence-electron chi connectivity index (χ3n) is 3.63. The molecule has 0 bridgehead atoms. The van der Waals surface area contributed by atoms with E-state index >= 15 is 0 Å². The molecule has 0 fully saturated rings. The summed E-state index contributed by atoms with van der Waals surface area (Å²) in [6.45, 7) is 2.47. The highest BCUT2D eigenvalue weighted by molar-refractivity contribution is 5.55. The van der Waals surface area contributed by atoms with E-state index in [2.05, 4.69) is 40.2 Å². The second-order valence-corrected chi connectivity index (χ2v) is 4.98. The Hall–Kier alpha value is -1.87. The lowest BCUT2D eigenvalue weighted by atomic mass is 10.0. The molecule has 0 atom stereocenters. The second-order valence-electron chi connectivity index (χ2n) is 4.98. The Balaban J connectivity index is 1.84. The van der Waals surface area contributed by atoms with Crippen LogP contribution in [0.25, 0.3) is 0 Å². The lowest BCUT2D eigenvalue weighted by molar-refractivity contribution is 0.682.